The van der Waals surface area contributed by atoms with Gasteiger partial charge in [0.05, 0.1) is 24.3 Å². The second-order valence-corrected chi connectivity index (χ2v) is 8.03. The zero-order valence-electron chi connectivity index (χ0n) is 18.0. The number of benzene rings is 1. The minimum absolute atomic E-state index is 0.0177. The summed E-state index contributed by atoms with van der Waals surface area (Å²) in [6.07, 6.45) is 1.00. The predicted octanol–water partition coefficient (Wildman–Crippen LogP) is 2.03. The van der Waals surface area contributed by atoms with Crippen molar-refractivity contribution in [2.24, 2.45) is 5.92 Å². The number of carbonyl (C=O) groups is 4. The quantitative estimate of drug-likeness (QED) is 0.636. The number of hydrogen-bond donors (Lipinski definition) is 0. The summed E-state index contributed by atoms with van der Waals surface area (Å²) in [7, 11) is 1.33. The summed E-state index contributed by atoms with van der Waals surface area (Å²) in [6, 6.07) is 7.10. The predicted molar refractivity (Wildman–Crippen MR) is 111 cm³/mol. The van der Waals surface area contributed by atoms with Gasteiger partial charge >= 0.3 is 5.97 Å². The molecular weight excluding hydrogens is 386 g/mol. The molecule has 0 bridgehead atoms. The largest absolute Gasteiger partial charge is 0.469 e. The van der Waals surface area contributed by atoms with Gasteiger partial charge in [0.1, 0.15) is 5.66 Å². The van der Waals surface area contributed by atoms with Crippen LogP contribution in [0, 0.1) is 5.92 Å². The Labute approximate surface area is 176 Å². The molecule has 0 aliphatic carbocycles. The van der Waals surface area contributed by atoms with Crippen molar-refractivity contribution in [1.29, 1.82) is 0 Å². The lowest BCUT2D eigenvalue weighted by atomic mass is 9.98. The molecule has 1 aromatic carbocycles. The normalized spacial score (nSPS) is 21.2. The highest BCUT2D eigenvalue weighted by molar-refractivity contribution is 6.10. The molecule has 2 unspecified atom stereocenters. The van der Waals surface area contributed by atoms with Crippen molar-refractivity contribution in [3.05, 3.63) is 29.8 Å². The van der Waals surface area contributed by atoms with Gasteiger partial charge in [-0.05, 0) is 32.4 Å². The standard InChI is InChI=1S/C22H29N3O5/c1-5-23(14-15(2)21(29)30-4)18(26)11-13-24-20(28)16-8-6-7-9-17(16)25-19(27)10-12-22(24,25)3/h6-9,15H,5,10-14H2,1-4H3. The SMILES string of the molecule is CCN(CC(C)C(=O)OC)C(=O)CCN1C(=O)c2ccccc2N2C(=O)CCC12C. The number of rotatable bonds is 7. The van der Waals surface area contributed by atoms with Gasteiger partial charge in [-0.15, -0.1) is 0 Å². The number of ether oxygens (including phenoxy) is 1. The van der Waals surface area contributed by atoms with Crippen LogP contribution in [-0.2, 0) is 19.1 Å². The van der Waals surface area contributed by atoms with Gasteiger partial charge in [0.25, 0.3) is 5.91 Å². The topological polar surface area (TPSA) is 87.2 Å². The van der Waals surface area contributed by atoms with Gasteiger partial charge in [-0.2, -0.15) is 0 Å². The second kappa shape index (κ2) is 8.45. The molecule has 0 aromatic heterocycles. The molecule has 1 fully saturated rings. The molecule has 0 N–H and O–H groups in total. The number of anilines is 1. The minimum atomic E-state index is -0.779. The van der Waals surface area contributed by atoms with E-state index < -0.39 is 11.6 Å². The lowest BCUT2D eigenvalue weighted by Gasteiger charge is -2.48. The average molecular weight is 415 g/mol. The summed E-state index contributed by atoms with van der Waals surface area (Å²) >= 11 is 0. The average Bonchev–Trinajstić information content (AvgIpc) is 3.05. The molecule has 3 rings (SSSR count). The van der Waals surface area contributed by atoms with Crippen molar-refractivity contribution < 1.29 is 23.9 Å². The maximum Gasteiger partial charge on any atom is 0.310 e. The Morgan fingerprint density at radius 1 is 1.27 bits per heavy atom. The van der Waals surface area contributed by atoms with Crippen molar-refractivity contribution in [1.82, 2.24) is 9.80 Å². The maximum atomic E-state index is 13.2. The number of nitrogens with zero attached hydrogens (tertiary/aromatic N) is 3. The summed E-state index contributed by atoms with van der Waals surface area (Å²) in [6.45, 7) is 6.38. The van der Waals surface area contributed by atoms with Gasteiger partial charge in [0, 0.05) is 32.5 Å². The molecule has 3 amide bonds. The Morgan fingerprint density at radius 3 is 2.63 bits per heavy atom. The Kier molecular flexibility index (Phi) is 6.14. The molecule has 2 heterocycles. The molecule has 162 valence electrons. The van der Waals surface area contributed by atoms with Gasteiger partial charge in [-0.25, -0.2) is 0 Å². The Morgan fingerprint density at radius 2 is 1.97 bits per heavy atom. The molecule has 1 saturated heterocycles. The van der Waals surface area contributed by atoms with Crippen LogP contribution in [0.25, 0.3) is 0 Å². The van der Waals surface area contributed by atoms with Crippen molar-refractivity contribution in [2.75, 3.05) is 31.6 Å². The Hall–Kier alpha value is -2.90. The number of esters is 1. The highest BCUT2D eigenvalue weighted by atomic mass is 16.5. The van der Waals surface area contributed by atoms with E-state index in [9.17, 15) is 19.2 Å². The van der Waals surface area contributed by atoms with Gasteiger partial charge in [0.2, 0.25) is 11.8 Å². The van der Waals surface area contributed by atoms with Crippen molar-refractivity contribution in [3.63, 3.8) is 0 Å². The van der Waals surface area contributed by atoms with Gasteiger partial charge < -0.3 is 14.5 Å². The first-order chi connectivity index (χ1) is 14.2. The monoisotopic (exact) mass is 415 g/mol. The van der Waals surface area contributed by atoms with Crippen LogP contribution in [0.1, 0.15) is 50.4 Å². The zero-order valence-corrected chi connectivity index (χ0v) is 18.0. The van der Waals surface area contributed by atoms with E-state index in [1.165, 1.54) is 7.11 Å². The third kappa shape index (κ3) is 3.66. The summed E-state index contributed by atoms with van der Waals surface area (Å²) in [5, 5.41) is 0. The Balaban J connectivity index is 1.77. The second-order valence-electron chi connectivity index (χ2n) is 8.03. The van der Waals surface area contributed by atoms with Crippen LogP contribution >= 0.6 is 0 Å². The van der Waals surface area contributed by atoms with E-state index in [4.69, 9.17) is 4.74 Å². The molecule has 0 saturated carbocycles. The fourth-order valence-corrected chi connectivity index (χ4v) is 4.42. The molecule has 0 spiro atoms. The van der Waals surface area contributed by atoms with Crippen LogP contribution in [0.5, 0.6) is 0 Å². The first-order valence-corrected chi connectivity index (χ1v) is 10.3. The van der Waals surface area contributed by atoms with Gasteiger partial charge in [0.15, 0.2) is 0 Å². The highest BCUT2D eigenvalue weighted by Crippen LogP contribution is 2.43. The summed E-state index contributed by atoms with van der Waals surface area (Å²) < 4.78 is 4.74. The molecule has 0 radical (unpaired) electrons. The van der Waals surface area contributed by atoms with Crippen molar-refractivity contribution >= 4 is 29.4 Å². The zero-order chi connectivity index (χ0) is 22.1. The molecule has 8 nitrogen and oxygen atoms in total. The Bertz CT molecular complexity index is 870. The van der Waals surface area contributed by atoms with Crippen LogP contribution < -0.4 is 4.90 Å². The lowest BCUT2D eigenvalue weighted by molar-refractivity contribution is -0.146. The molecule has 2 aliphatic rings. The van der Waals surface area contributed by atoms with Crippen LogP contribution in [0.15, 0.2) is 24.3 Å². The van der Waals surface area contributed by atoms with E-state index in [0.29, 0.717) is 30.6 Å². The minimum Gasteiger partial charge on any atom is -0.469 e. The van der Waals surface area contributed by atoms with Crippen LogP contribution in [0.4, 0.5) is 5.69 Å². The smallest absolute Gasteiger partial charge is 0.310 e. The maximum absolute atomic E-state index is 13.2. The molecule has 30 heavy (non-hydrogen) atoms. The lowest BCUT2D eigenvalue weighted by Crippen LogP contribution is -2.62. The molecule has 2 aliphatic heterocycles. The van der Waals surface area contributed by atoms with Crippen LogP contribution in [0.2, 0.25) is 0 Å². The number of para-hydroxylation sites is 1. The van der Waals surface area contributed by atoms with E-state index in [0.717, 1.165) is 0 Å². The first kappa shape index (κ1) is 21.8. The number of methoxy groups -OCH3 is 1. The third-order valence-electron chi connectivity index (χ3n) is 6.13. The summed E-state index contributed by atoms with van der Waals surface area (Å²) in [5.74, 6) is -1.12. The van der Waals surface area contributed by atoms with E-state index in [1.54, 1.807) is 39.8 Å². The molecule has 8 heteroatoms. The third-order valence-corrected chi connectivity index (χ3v) is 6.13. The van der Waals surface area contributed by atoms with E-state index >= 15 is 0 Å². The number of hydrogen-bond acceptors (Lipinski definition) is 5. The summed E-state index contributed by atoms with van der Waals surface area (Å²) in [5.41, 5.74) is 0.334. The van der Waals surface area contributed by atoms with Crippen LogP contribution in [-0.4, -0.2) is 65.9 Å². The number of amides is 3. The van der Waals surface area contributed by atoms with E-state index in [2.05, 4.69) is 0 Å². The molecular formula is C22H29N3O5. The fourth-order valence-electron chi connectivity index (χ4n) is 4.42. The van der Waals surface area contributed by atoms with Gasteiger partial charge in [-0.3, -0.25) is 24.1 Å². The highest BCUT2D eigenvalue weighted by Gasteiger charge is 2.52. The van der Waals surface area contributed by atoms with E-state index in [-0.39, 0.29) is 43.2 Å². The number of carbonyl (C=O) groups excluding carboxylic acids is 4. The van der Waals surface area contributed by atoms with Crippen molar-refractivity contribution in [2.45, 2.75) is 45.7 Å². The fraction of sp³-hybridized carbons (Fsp3) is 0.545. The number of fused-ring (bicyclic) bond motifs is 3. The molecule has 1 aromatic rings. The van der Waals surface area contributed by atoms with E-state index in [1.807, 2.05) is 19.9 Å². The van der Waals surface area contributed by atoms with Crippen LogP contribution in [0.3, 0.4) is 0 Å². The molecule has 2 atom stereocenters. The van der Waals surface area contributed by atoms with Crippen molar-refractivity contribution in [3.8, 4) is 0 Å². The summed E-state index contributed by atoms with van der Waals surface area (Å²) in [4.78, 5) is 55.3. The first-order valence-electron chi connectivity index (χ1n) is 10.3. The van der Waals surface area contributed by atoms with Gasteiger partial charge in [-0.1, -0.05) is 19.1 Å².